The summed E-state index contributed by atoms with van der Waals surface area (Å²) in [6.07, 6.45) is 0. The Morgan fingerprint density at radius 1 is 1.19 bits per heavy atom. The summed E-state index contributed by atoms with van der Waals surface area (Å²) in [6.45, 7) is 1.98. The van der Waals surface area contributed by atoms with Crippen LogP contribution in [0.25, 0.3) is 0 Å². The Morgan fingerprint density at radius 3 is 2.48 bits per heavy atom. The van der Waals surface area contributed by atoms with E-state index in [1.165, 1.54) is 12.1 Å². The fourth-order valence-electron chi connectivity index (χ4n) is 1.75. The number of hydrogen-bond acceptors (Lipinski definition) is 3. The van der Waals surface area contributed by atoms with E-state index in [1.54, 1.807) is 6.07 Å². The monoisotopic (exact) mass is 321 g/mol. The minimum absolute atomic E-state index is 0.0862. The average molecular weight is 322 g/mol. The minimum atomic E-state index is -0.537. The summed E-state index contributed by atoms with van der Waals surface area (Å²) in [6, 6.07) is 12.1. The quantitative estimate of drug-likeness (QED) is 0.499. The van der Waals surface area contributed by atoms with Crippen LogP contribution in [0.1, 0.15) is 5.56 Å². The van der Waals surface area contributed by atoms with Crippen molar-refractivity contribution in [3.8, 4) is 0 Å². The van der Waals surface area contributed by atoms with Crippen LogP contribution in [-0.4, -0.2) is 10.0 Å². The van der Waals surface area contributed by atoms with Gasteiger partial charge in [-0.3, -0.25) is 10.1 Å². The van der Waals surface area contributed by atoms with E-state index in [4.69, 9.17) is 23.8 Å². The maximum atomic E-state index is 10.8. The van der Waals surface area contributed by atoms with Crippen molar-refractivity contribution in [1.82, 2.24) is 0 Å². The van der Waals surface area contributed by atoms with Gasteiger partial charge in [0.15, 0.2) is 5.11 Å². The smallest absolute Gasteiger partial charge is 0.289 e. The number of nitro benzene ring substituents is 1. The van der Waals surface area contributed by atoms with Gasteiger partial charge in [-0.25, -0.2) is 0 Å². The number of thiocarbonyl (C=S) groups is 1. The van der Waals surface area contributed by atoms with Gasteiger partial charge in [-0.2, -0.15) is 0 Å². The predicted octanol–water partition coefficient (Wildman–Crippen LogP) is 4.37. The molecular weight excluding hydrogens is 310 g/mol. The highest BCUT2D eigenvalue weighted by atomic mass is 35.5. The summed E-state index contributed by atoms with van der Waals surface area (Å²) in [5.41, 5.74) is 2.28. The predicted molar refractivity (Wildman–Crippen MR) is 89.1 cm³/mol. The lowest BCUT2D eigenvalue weighted by Crippen LogP contribution is -2.19. The summed E-state index contributed by atoms with van der Waals surface area (Å²) in [4.78, 5) is 10.3. The van der Waals surface area contributed by atoms with Crippen LogP contribution >= 0.6 is 23.8 Å². The van der Waals surface area contributed by atoms with Crippen LogP contribution in [0.3, 0.4) is 0 Å². The highest BCUT2D eigenvalue weighted by Crippen LogP contribution is 2.27. The zero-order chi connectivity index (χ0) is 15.4. The van der Waals surface area contributed by atoms with Crippen LogP contribution < -0.4 is 10.6 Å². The molecule has 2 rings (SSSR count). The molecule has 0 saturated carbocycles. The molecule has 2 aromatic carbocycles. The zero-order valence-electron chi connectivity index (χ0n) is 11.1. The van der Waals surface area contributed by atoms with E-state index in [-0.39, 0.29) is 10.7 Å². The molecule has 0 radical (unpaired) electrons. The largest absolute Gasteiger partial charge is 0.332 e. The van der Waals surface area contributed by atoms with E-state index in [0.717, 1.165) is 11.3 Å². The second kappa shape index (κ2) is 6.51. The first-order valence-electron chi connectivity index (χ1n) is 6.04. The molecule has 2 aromatic rings. The summed E-state index contributed by atoms with van der Waals surface area (Å²) in [5.74, 6) is 0. The van der Waals surface area contributed by atoms with Crippen molar-refractivity contribution in [2.75, 3.05) is 10.6 Å². The highest BCUT2D eigenvalue weighted by molar-refractivity contribution is 7.80. The lowest BCUT2D eigenvalue weighted by atomic mass is 10.2. The number of nitrogens with one attached hydrogen (secondary N) is 2. The number of nitrogens with zero attached hydrogens (tertiary/aromatic N) is 1. The van der Waals surface area contributed by atoms with Gasteiger partial charge in [0.2, 0.25) is 0 Å². The number of anilines is 2. The molecule has 0 aliphatic carbocycles. The molecule has 0 spiro atoms. The maximum Gasteiger partial charge on any atom is 0.289 e. The van der Waals surface area contributed by atoms with E-state index >= 15 is 0 Å². The molecule has 0 heterocycles. The van der Waals surface area contributed by atoms with Crippen molar-refractivity contribution in [2.45, 2.75) is 6.92 Å². The SMILES string of the molecule is Cc1cccc(NC(=S)Nc2ccc(Cl)c([N+](=O)[O-])c2)c1. The first-order chi connectivity index (χ1) is 9.95. The number of rotatable bonds is 3. The average Bonchev–Trinajstić information content (AvgIpc) is 2.40. The van der Waals surface area contributed by atoms with Crippen LogP contribution in [0.5, 0.6) is 0 Å². The summed E-state index contributed by atoms with van der Waals surface area (Å²) in [5, 5.41) is 17.2. The van der Waals surface area contributed by atoms with Gasteiger partial charge in [0.25, 0.3) is 5.69 Å². The number of nitro groups is 1. The first-order valence-corrected chi connectivity index (χ1v) is 6.83. The van der Waals surface area contributed by atoms with Crippen LogP contribution in [0.2, 0.25) is 5.02 Å². The summed E-state index contributed by atoms with van der Waals surface area (Å²) < 4.78 is 0. The Labute approximate surface area is 132 Å². The van der Waals surface area contributed by atoms with Gasteiger partial charge in [0.1, 0.15) is 5.02 Å². The Hall–Kier alpha value is -2.18. The molecule has 5 nitrogen and oxygen atoms in total. The molecule has 2 N–H and O–H groups in total. The summed E-state index contributed by atoms with van der Waals surface area (Å²) in [7, 11) is 0. The third-order valence-corrected chi connectivity index (χ3v) is 3.20. The van der Waals surface area contributed by atoms with E-state index in [9.17, 15) is 10.1 Å². The van der Waals surface area contributed by atoms with Gasteiger partial charge >= 0.3 is 0 Å². The van der Waals surface area contributed by atoms with E-state index < -0.39 is 4.92 Å². The van der Waals surface area contributed by atoms with Crippen molar-refractivity contribution < 1.29 is 4.92 Å². The van der Waals surface area contributed by atoms with Crippen molar-refractivity contribution in [3.63, 3.8) is 0 Å². The standard InChI is InChI=1S/C14H12ClN3O2S/c1-9-3-2-4-10(7-9)16-14(21)17-11-5-6-12(15)13(8-11)18(19)20/h2-8H,1H3,(H2,16,17,21). The minimum Gasteiger partial charge on any atom is -0.332 e. The number of aryl methyl sites for hydroxylation is 1. The topological polar surface area (TPSA) is 67.2 Å². The first kappa shape index (κ1) is 15.2. The van der Waals surface area contributed by atoms with Gasteiger partial charge in [-0.05, 0) is 49.0 Å². The summed E-state index contributed by atoms with van der Waals surface area (Å²) >= 11 is 10.9. The van der Waals surface area contributed by atoms with Gasteiger partial charge < -0.3 is 10.6 Å². The lowest BCUT2D eigenvalue weighted by Gasteiger charge is -2.11. The van der Waals surface area contributed by atoms with E-state index in [1.807, 2.05) is 31.2 Å². The van der Waals surface area contributed by atoms with E-state index in [0.29, 0.717) is 10.8 Å². The van der Waals surface area contributed by atoms with E-state index in [2.05, 4.69) is 10.6 Å². The van der Waals surface area contributed by atoms with Crippen LogP contribution in [0.15, 0.2) is 42.5 Å². The third-order valence-electron chi connectivity index (χ3n) is 2.68. The fraction of sp³-hybridized carbons (Fsp3) is 0.0714. The third kappa shape index (κ3) is 4.14. The van der Waals surface area contributed by atoms with Crippen molar-refractivity contribution in [2.24, 2.45) is 0 Å². The Bertz CT molecular complexity index is 706. The number of benzene rings is 2. The van der Waals surface area contributed by atoms with Gasteiger partial charge in [0, 0.05) is 17.4 Å². The molecule has 7 heteroatoms. The molecule has 108 valence electrons. The van der Waals surface area contributed by atoms with Gasteiger partial charge in [-0.15, -0.1) is 0 Å². The molecule has 0 fully saturated rings. The molecule has 0 amide bonds. The van der Waals surface area contributed by atoms with Crippen molar-refractivity contribution >= 4 is 46.0 Å². The Morgan fingerprint density at radius 2 is 1.86 bits per heavy atom. The second-order valence-electron chi connectivity index (χ2n) is 4.37. The van der Waals surface area contributed by atoms with Crippen molar-refractivity contribution in [1.29, 1.82) is 0 Å². The lowest BCUT2D eigenvalue weighted by molar-refractivity contribution is -0.384. The number of halogens is 1. The van der Waals surface area contributed by atoms with Crippen LogP contribution in [0.4, 0.5) is 17.1 Å². The molecular formula is C14H12ClN3O2S. The molecule has 0 atom stereocenters. The fourth-order valence-corrected chi connectivity index (χ4v) is 2.17. The highest BCUT2D eigenvalue weighted by Gasteiger charge is 2.13. The molecule has 0 aromatic heterocycles. The molecule has 0 unspecified atom stereocenters. The molecule has 0 bridgehead atoms. The Kier molecular flexibility index (Phi) is 4.72. The van der Waals surface area contributed by atoms with Crippen molar-refractivity contribution in [3.05, 3.63) is 63.2 Å². The maximum absolute atomic E-state index is 10.8. The molecule has 0 aliphatic rings. The molecule has 0 saturated heterocycles. The molecule has 0 aliphatic heterocycles. The second-order valence-corrected chi connectivity index (χ2v) is 5.19. The van der Waals surface area contributed by atoms with Crippen LogP contribution in [-0.2, 0) is 0 Å². The molecule has 21 heavy (non-hydrogen) atoms. The Balaban J connectivity index is 2.09. The zero-order valence-corrected chi connectivity index (χ0v) is 12.7. The van der Waals surface area contributed by atoms with Gasteiger partial charge in [-0.1, -0.05) is 23.7 Å². The number of hydrogen-bond donors (Lipinski definition) is 2. The van der Waals surface area contributed by atoms with Crippen LogP contribution in [0, 0.1) is 17.0 Å². The normalized spacial score (nSPS) is 10.0. The van der Waals surface area contributed by atoms with Gasteiger partial charge in [0.05, 0.1) is 4.92 Å².